The predicted octanol–water partition coefficient (Wildman–Crippen LogP) is 7.23. The summed E-state index contributed by atoms with van der Waals surface area (Å²) >= 11 is 19.7. The molecule has 0 saturated heterocycles. The Morgan fingerprint density at radius 3 is 1.85 bits per heavy atom. The maximum Gasteiger partial charge on any atom is 0.233 e. The molecular formula is C29H22Cl3N7. The van der Waals surface area contributed by atoms with Gasteiger partial charge >= 0.3 is 0 Å². The SMILES string of the molecule is Clc1ccccc1CN(Cc1ccccc1Cl)c1ncnc2c1nc(-n1cccn1)n2Cc1ccccc1Cl. The van der Waals surface area contributed by atoms with Gasteiger partial charge in [-0.05, 0) is 41.0 Å². The minimum Gasteiger partial charge on any atom is -0.346 e. The van der Waals surface area contributed by atoms with Crippen molar-refractivity contribution >= 4 is 51.8 Å². The number of imidazole rings is 1. The first kappa shape index (κ1) is 25.4. The summed E-state index contributed by atoms with van der Waals surface area (Å²) < 4.78 is 3.71. The van der Waals surface area contributed by atoms with Gasteiger partial charge in [-0.3, -0.25) is 4.57 Å². The zero-order valence-corrected chi connectivity index (χ0v) is 22.9. The summed E-state index contributed by atoms with van der Waals surface area (Å²) in [5.74, 6) is 1.26. The van der Waals surface area contributed by atoms with Gasteiger partial charge in [-0.25, -0.2) is 19.6 Å². The summed E-state index contributed by atoms with van der Waals surface area (Å²) in [7, 11) is 0. The number of fused-ring (bicyclic) bond motifs is 1. The van der Waals surface area contributed by atoms with Gasteiger partial charge in [-0.2, -0.15) is 5.10 Å². The fourth-order valence-electron chi connectivity index (χ4n) is 4.52. The molecule has 3 heterocycles. The van der Waals surface area contributed by atoms with Crippen molar-refractivity contribution in [3.8, 4) is 5.95 Å². The van der Waals surface area contributed by atoms with Crippen molar-refractivity contribution in [2.24, 2.45) is 0 Å². The second kappa shape index (κ2) is 11.1. The number of hydrogen-bond donors (Lipinski definition) is 0. The van der Waals surface area contributed by atoms with E-state index in [-0.39, 0.29) is 0 Å². The monoisotopic (exact) mass is 573 g/mol. The molecule has 3 aromatic heterocycles. The van der Waals surface area contributed by atoms with E-state index in [2.05, 4.69) is 15.0 Å². The van der Waals surface area contributed by atoms with E-state index in [1.54, 1.807) is 17.2 Å². The second-order valence-electron chi connectivity index (χ2n) is 8.95. The van der Waals surface area contributed by atoms with E-state index < -0.39 is 0 Å². The Morgan fingerprint density at radius 1 is 0.692 bits per heavy atom. The number of aromatic nitrogens is 6. The summed E-state index contributed by atoms with van der Waals surface area (Å²) in [5.41, 5.74) is 4.15. The molecule has 0 bridgehead atoms. The van der Waals surface area contributed by atoms with Gasteiger partial charge in [0.2, 0.25) is 5.95 Å². The molecule has 7 nitrogen and oxygen atoms in total. The standard InChI is InChI=1S/C29H22Cl3N7/c30-23-11-4-1-8-20(23)16-37(17-21-9-2-5-12-24(21)31)27-26-28(34-19-33-27)38(18-22-10-3-6-13-25(22)32)29(36-26)39-15-7-14-35-39/h1-15,19H,16-18H2. The van der Waals surface area contributed by atoms with E-state index in [1.165, 1.54) is 0 Å². The normalized spacial score (nSPS) is 11.3. The Hall–Kier alpha value is -3.91. The molecule has 194 valence electrons. The van der Waals surface area contributed by atoms with Crippen LogP contribution < -0.4 is 4.90 Å². The molecule has 0 saturated carbocycles. The van der Waals surface area contributed by atoms with E-state index >= 15 is 0 Å². The number of nitrogens with zero attached hydrogens (tertiary/aromatic N) is 7. The zero-order chi connectivity index (χ0) is 26.8. The Bertz CT molecular complexity index is 1700. The van der Waals surface area contributed by atoms with Crippen LogP contribution in [0.15, 0.2) is 97.6 Å². The quantitative estimate of drug-likeness (QED) is 0.192. The number of benzene rings is 3. The zero-order valence-electron chi connectivity index (χ0n) is 20.6. The smallest absolute Gasteiger partial charge is 0.233 e. The van der Waals surface area contributed by atoms with E-state index in [1.807, 2.05) is 89.6 Å². The Labute approximate surface area is 240 Å². The molecule has 0 aliphatic rings. The van der Waals surface area contributed by atoms with Gasteiger partial charge in [-0.15, -0.1) is 0 Å². The van der Waals surface area contributed by atoms with Crippen molar-refractivity contribution < 1.29 is 0 Å². The van der Waals surface area contributed by atoms with E-state index in [9.17, 15) is 0 Å². The largest absolute Gasteiger partial charge is 0.346 e. The first-order valence-corrected chi connectivity index (χ1v) is 13.4. The first-order valence-electron chi connectivity index (χ1n) is 12.2. The topological polar surface area (TPSA) is 64.7 Å². The van der Waals surface area contributed by atoms with Gasteiger partial charge in [0, 0.05) is 40.6 Å². The maximum absolute atomic E-state index is 6.58. The van der Waals surface area contributed by atoms with Crippen molar-refractivity contribution in [2.75, 3.05) is 4.90 Å². The minimum atomic E-state index is 0.455. The molecule has 0 atom stereocenters. The lowest BCUT2D eigenvalue weighted by Gasteiger charge is -2.25. The minimum absolute atomic E-state index is 0.455. The maximum atomic E-state index is 6.58. The average molecular weight is 575 g/mol. The van der Waals surface area contributed by atoms with E-state index in [0.29, 0.717) is 57.6 Å². The summed E-state index contributed by atoms with van der Waals surface area (Å²) in [6, 6.07) is 25.1. The highest BCUT2D eigenvalue weighted by molar-refractivity contribution is 6.32. The fourth-order valence-corrected chi connectivity index (χ4v) is 5.11. The van der Waals surface area contributed by atoms with Crippen LogP contribution in [0, 0.1) is 0 Å². The lowest BCUT2D eigenvalue weighted by molar-refractivity contribution is 0.715. The van der Waals surface area contributed by atoms with Crippen LogP contribution in [0.2, 0.25) is 15.1 Å². The van der Waals surface area contributed by atoms with Crippen LogP contribution in [0.25, 0.3) is 17.1 Å². The van der Waals surface area contributed by atoms with Gasteiger partial charge in [0.15, 0.2) is 17.0 Å². The van der Waals surface area contributed by atoms with Gasteiger partial charge < -0.3 is 4.90 Å². The van der Waals surface area contributed by atoms with Crippen molar-refractivity contribution in [1.82, 2.24) is 29.3 Å². The second-order valence-corrected chi connectivity index (χ2v) is 10.2. The molecular weight excluding hydrogens is 553 g/mol. The lowest BCUT2D eigenvalue weighted by atomic mass is 10.1. The highest BCUT2D eigenvalue weighted by Crippen LogP contribution is 2.31. The van der Waals surface area contributed by atoms with Crippen LogP contribution in [0.5, 0.6) is 0 Å². The van der Waals surface area contributed by atoms with Crippen LogP contribution in [0.1, 0.15) is 16.7 Å². The Kier molecular flexibility index (Phi) is 7.20. The number of rotatable bonds is 8. The molecule has 3 aromatic carbocycles. The van der Waals surface area contributed by atoms with Crippen LogP contribution in [-0.2, 0) is 19.6 Å². The molecule has 6 rings (SSSR count). The third-order valence-corrected chi connectivity index (χ3v) is 7.53. The molecule has 10 heteroatoms. The molecule has 0 aliphatic heterocycles. The lowest BCUT2D eigenvalue weighted by Crippen LogP contribution is -2.24. The van der Waals surface area contributed by atoms with Gasteiger partial charge in [0.05, 0.1) is 6.54 Å². The van der Waals surface area contributed by atoms with Crippen LogP contribution >= 0.6 is 34.8 Å². The van der Waals surface area contributed by atoms with Gasteiger partial charge in [-0.1, -0.05) is 89.4 Å². The van der Waals surface area contributed by atoms with Crippen molar-refractivity contribution in [3.63, 3.8) is 0 Å². The molecule has 0 fully saturated rings. The highest BCUT2D eigenvalue weighted by atomic mass is 35.5. The molecule has 39 heavy (non-hydrogen) atoms. The Balaban J connectivity index is 1.52. The van der Waals surface area contributed by atoms with Crippen molar-refractivity contribution in [3.05, 3.63) is 129 Å². The average Bonchev–Trinajstić information content (AvgIpc) is 3.60. The molecule has 0 unspecified atom stereocenters. The van der Waals surface area contributed by atoms with Gasteiger partial charge in [0.25, 0.3) is 0 Å². The summed E-state index contributed by atoms with van der Waals surface area (Å²) in [5, 5.41) is 6.46. The molecule has 0 radical (unpaired) electrons. The predicted molar refractivity (Wildman–Crippen MR) is 156 cm³/mol. The highest BCUT2D eigenvalue weighted by Gasteiger charge is 2.23. The summed E-state index contributed by atoms with van der Waals surface area (Å²) in [4.78, 5) is 16.5. The molecule has 0 amide bonds. The van der Waals surface area contributed by atoms with Crippen LogP contribution in [0.3, 0.4) is 0 Å². The summed E-state index contributed by atoms with van der Waals surface area (Å²) in [6.45, 7) is 1.44. The molecule has 0 spiro atoms. The number of anilines is 1. The van der Waals surface area contributed by atoms with Crippen molar-refractivity contribution in [2.45, 2.75) is 19.6 Å². The first-order chi connectivity index (χ1) is 19.1. The Morgan fingerprint density at radius 2 is 1.28 bits per heavy atom. The molecule has 0 N–H and O–H groups in total. The fraction of sp³-hybridized carbons (Fsp3) is 0.103. The summed E-state index contributed by atoms with van der Waals surface area (Å²) in [6.07, 6.45) is 5.12. The third-order valence-electron chi connectivity index (χ3n) is 6.43. The third kappa shape index (κ3) is 5.21. The van der Waals surface area contributed by atoms with Crippen LogP contribution in [0.4, 0.5) is 5.82 Å². The molecule has 6 aromatic rings. The number of halogens is 3. The van der Waals surface area contributed by atoms with Crippen LogP contribution in [-0.4, -0.2) is 29.3 Å². The number of hydrogen-bond acceptors (Lipinski definition) is 5. The van der Waals surface area contributed by atoms with Crippen molar-refractivity contribution in [1.29, 1.82) is 0 Å². The van der Waals surface area contributed by atoms with Gasteiger partial charge in [0.1, 0.15) is 6.33 Å². The van der Waals surface area contributed by atoms with E-state index in [4.69, 9.17) is 44.8 Å². The van der Waals surface area contributed by atoms with E-state index in [0.717, 1.165) is 16.7 Å². The molecule has 0 aliphatic carbocycles.